The molecule has 1 aliphatic carbocycles. The van der Waals surface area contributed by atoms with Crippen LogP contribution in [0.25, 0.3) is 0 Å². The van der Waals surface area contributed by atoms with Crippen LogP contribution in [0.15, 0.2) is 22.7 Å². The summed E-state index contributed by atoms with van der Waals surface area (Å²) < 4.78 is 20.4. The van der Waals surface area contributed by atoms with Gasteiger partial charge in [0.25, 0.3) is 0 Å². The largest absolute Gasteiger partial charge is 0.488 e. The van der Waals surface area contributed by atoms with E-state index in [1.54, 1.807) is 6.07 Å². The van der Waals surface area contributed by atoms with Gasteiger partial charge in [0.1, 0.15) is 17.7 Å². The van der Waals surface area contributed by atoms with Gasteiger partial charge < -0.3 is 10.1 Å². The highest BCUT2D eigenvalue weighted by Crippen LogP contribution is 2.49. The molecule has 0 aliphatic heterocycles. The maximum absolute atomic E-state index is 13.4. The molecule has 2 unspecified atom stereocenters. The molecule has 1 saturated carbocycles. The van der Waals surface area contributed by atoms with Gasteiger partial charge in [0, 0.05) is 23.9 Å². The molecule has 4 heteroatoms. The molecular formula is C17H25BrFNO. The van der Waals surface area contributed by atoms with Crippen molar-refractivity contribution >= 4 is 15.9 Å². The van der Waals surface area contributed by atoms with Gasteiger partial charge in [0.15, 0.2) is 0 Å². The number of hydrogen-bond donors (Lipinski definition) is 1. The van der Waals surface area contributed by atoms with Gasteiger partial charge in [-0.3, -0.25) is 0 Å². The van der Waals surface area contributed by atoms with E-state index in [-0.39, 0.29) is 17.3 Å². The summed E-state index contributed by atoms with van der Waals surface area (Å²) in [5, 5.41) is 3.64. The van der Waals surface area contributed by atoms with Gasteiger partial charge in [-0.05, 0) is 53.9 Å². The van der Waals surface area contributed by atoms with E-state index >= 15 is 0 Å². The highest BCUT2D eigenvalue weighted by molar-refractivity contribution is 9.10. The van der Waals surface area contributed by atoms with Crippen LogP contribution < -0.4 is 10.1 Å². The fraction of sp³-hybridized carbons (Fsp3) is 0.647. The lowest BCUT2D eigenvalue weighted by molar-refractivity contribution is -0.0862. The number of halogens is 2. The number of nitrogens with one attached hydrogen (secondary N) is 1. The first kappa shape index (κ1) is 16.8. The topological polar surface area (TPSA) is 21.3 Å². The minimum atomic E-state index is -0.258. The summed E-state index contributed by atoms with van der Waals surface area (Å²) in [7, 11) is 0. The normalized spacial score (nSPS) is 23.7. The third kappa shape index (κ3) is 3.26. The van der Waals surface area contributed by atoms with E-state index in [1.807, 2.05) is 0 Å². The standard InChI is InChI=1S/C17H25BrFNO/c1-4-9-20-15-11-16(17(15,5-2)6-3)21-14-10-12(19)7-8-13(14)18/h7-8,10,15-16,20H,4-6,9,11H2,1-3H3. The van der Waals surface area contributed by atoms with Crippen LogP contribution in [0.5, 0.6) is 5.75 Å². The third-order valence-corrected chi connectivity index (χ3v) is 5.56. The Morgan fingerprint density at radius 2 is 2.05 bits per heavy atom. The summed E-state index contributed by atoms with van der Waals surface area (Å²) in [4.78, 5) is 0. The Kier molecular flexibility index (Phi) is 5.67. The molecule has 0 aromatic heterocycles. The van der Waals surface area contributed by atoms with Crippen molar-refractivity contribution in [3.8, 4) is 5.75 Å². The van der Waals surface area contributed by atoms with Crippen LogP contribution in [0, 0.1) is 11.2 Å². The first-order valence-electron chi connectivity index (χ1n) is 7.92. The van der Waals surface area contributed by atoms with Gasteiger partial charge in [0.05, 0.1) is 4.47 Å². The first-order valence-corrected chi connectivity index (χ1v) is 8.71. The molecule has 21 heavy (non-hydrogen) atoms. The zero-order chi connectivity index (χ0) is 15.5. The molecule has 2 rings (SSSR count). The molecule has 0 radical (unpaired) electrons. The fourth-order valence-electron chi connectivity index (χ4n) is 3.44. The Balaban J connectivity index is 2.11. The van der Waals surface area contributed by atoms with Gasteiger partial charge >= 0.3 is 0 Å². The van der Waals surface area contributed by atoms with Gasteiger partial charge in [-0.25, -0.2) is 4.39 Å². The van der Waals surface area contributed by atoms with Crippen LogP contribution in [0.1, 0.15) is 46.5 Å². The summed E-state index contributed by atoms with van der Waals surface area (Å²) in [5.74, 6) is 0.354. The molecule has 1 aromatic carbocycles. The molecule has 0 bridgehead atoms. The Morgan fingerprint density at radius 1 is 1.33 bits per heavy atom. The van der Waals surface area contributed by atoms with Crippen molar-refractivity contribution in [3.05, 3.63) is 28.5 Å². The number of hydrogen-bond acceptors (Lipinski definition) is 2. The van der Waals surface area contributed by atoms with Crippen molar-refractivity contribution in [2.24, 2.45) is 5.41 Å². The van der Waals surface area contributed by atoms with Crippen molar-refractivity contribution in [3.63, 3.8) is 0 Å². The Hall–Kier alpha value is -0.610. The minimum absolute atomic E-state index is 0.153. The van der Waals surface area contributed by atoms with E-state index in [9.17, 15) is 4.39 Å². The zero-order valence-electron chi connectivity index (χ0n) is 13.1. The molecule has 2 nitrogen and oxygen atoms in total. The third-order valence-electron chi connectivity index (χ3n) is 4.90. The number of rotatable bonds is 7. The molecule has 1 fully saturated rings. The van der Waals surface area contributed by atoms with Crippen LogP contribution in [-0.4, -0.2) is 18.7 Å². The van der Waals surface area contributed by atoms with E-state index in [1.165, 1.54) is 12.1 Å². The number of benzene rings is 1. The lowest BCUT2D eigenvalue weighted by atomic mass is 9.58. The average molecular weight is 358 g/mol. The van der Waals surface area contributed by atoms with Gasteiger partial charge in [-0.15, -0.1) is 0 Å². The quantitative estimate of drug-likeness (QED) is 0.748. The van der Waals surface area contributed by atoms with Crippen molar-refractivity contribution in [2.45, 2.75) is 58.6 Å². The second-order valence-electron chi connectivity index (χ2n) is 5.86. The predicted octanol–water partition coefficient (Wildman–Crippen LogP) is 4.91. The van der Waals surface area contributed by atoms with E-state index in [0.717, 1.165) is 36.7 Å². The maximum Gasteiger partial charge on any atom is 0.136 e. The van der Waals surface area contributed by atoms with Crippen LogP contribution >= 0.6 is 15.9 Å². The van der Waals surface area contributed by atoms with E-state index < -0.39 is 0 Å². The SMILES string of the molecule is CCCNC1CC(Oc2cc(F)ccc2Br)C1(CC)CC. The van der Waals surface area contributed by atoms with Gasteiger partial charge in [-0.1, -0.05) is 20.8 Å². The molecule has 0 heterocycles. The fourth-order valence-corrected chi connectivity index (χ4v) is 3.78. The monoisotopic (exact) mass is 357 g/mol. The summed E-state index contributed by atoms with van der Waals surface area (Å²) in [6.07, 6.45) is 4.43. The smallest absolute Gasteiger partial charge is 0.136 e. The summed E-state index contributed by atoms with van der Waals surface area (Å²) in [6.45, 7) is 7.67. The zero-order valence-corrected chi connectivity index (χ0v) is 14.7. The van der Waals surface area contributed by atoms with Crippen molar-refractivity contribution in [1.29, 1.82) is 0 Å². The van der Waals surface area contributed by atoms with E-state index in [4.69, 9.17) is 4.74 Å². The average Bonchev–Trinajstić information content (AvgIpc) is 2.47. The van der Waals surface area contributed by atoms with Crippen LogP contribution in [0.3, 0.4) is 0 Å². The van der Waals surface area contributed by atoms with Crippen molar-refractivity contribution in [2.75, 3.05) is 6.54 Å². The maximum atomic E-state index is 13.4. The Bertz CT molecular complexity index is 476. The van der Waals surface area contributed by atoms with Gasteiger partial charge in [0.2, 0.25) is 0 Å². The summed E-state index contributed by atoms with van der Waals surface area (Å²) >= 11 is 3.44. The lowest BCUT2D eigenvalue weighted by Crippen LogP contribution is -2.64. The molecule has 1 aliphatic rings. The highest BCUT2D eigenvalue weighted by atomic mass is 79.9. The first-order chi connectivity index (χ1) is 10.1. The molecule has 0 amide bonds. The Morgan fingerprint density at radius 3 is 2.67 bits per heavy atom. The van der Waals surface area contributed by atoms with Crippen LogP contribution in [-0.2, 0) is 0 Å². The lowest BCUT2D eigenvalue weighted by Gasteiger charge is -2.55. The molecule has 0 spiro atoms. The summed E-state index contributed by atoms with van der Waals surface area (Å²) in [6, 6.07) is 5.11. The minimum Gasteiger partial charge on any atom is -0.488 e. The Labute approximate surface area is 135 Å². The van der Waals surface area contributed by atoms with Gasteiger partial charge in [-0.2, -0.15) is 0 Å². The van der Waals surface area contributed by atoms with Crippen molar-refractivity contribution in [1.82, 2.24) is 5.32 Å². The summed E-state index contributed by atoms with van der Waals surface area (Å²) in [5.41, 5.74) is 0.154. The molecule has 118 valence electrons. The second-order valence-corrected chi connectivity index (χ2v) is 6.72. The molecule has 2 atom stereocenters. The predicted molar refractivity (Wildman–Crippen MR) is 88.2 cm³/mol. The molecule has 1 aromatic rings. The molecule has 0 saturated heterocycles. The van der Waals surface area contributed by atoms with E-state index in [2.05, 4.69) is 42.0 Å². The van der Waals surface area contributed by atoms with E-state index in [0.29, 0.717) is 11.8 Å². The van der Waals surface area contributed by atoms with Crippen LogP contribution in [0.4, 0.5) is 4.39 Å². The highest BCUT2D eigenvalue weighted by Gasteiger charge is 2.54. The van der Waals surface area contributed by atoms with Crippen molar-refractivity contribution < 1.29 is 9.13 Å². The van der Waals surface area contributed by atoms with Crippen LogP contribution in [0.2, 0.25) is 0 Å². The number of ether oxygens (including phenoxy) is 1. The molecular weight excluding hydrogens is 333 g/mol. The second kappa shape index (κ2) is 7.10. The molecule has 1 N–H and O–H groups in total.